The Labute approximate surface area is 125 Å². The smallest absolute Gasteiger partial charge is 0.230 e. The van der Waals surface area contributed by atoms with Gasteiger partial charge in [0.15, 0.2) is 0 Å². The molecule has 1 aromatic rings. The fourth-order valence-corrected chi connectivity index (χ4v) is 3.16. The molecule has 0 spiro atoms. The average molecular weight is 297 g/mol. The van der Waals surface area contributed by atoms with Crippen molar-refractivity contribution in [3.8, 4) is 0 Å². The first-order valence-electron chi connectivity index (χ1n) is 6.77. The third kappa shape index (κ3) is 6.94. The molecule has 0 aromatic heterocycles. The molecule has 0 unspecified atom stereocenters. The summed E-state index contributed by atoms with van der Waals surface area (Å²) in [5, 5.41) is 3.06. The Kier molecular flexibility index (Phi) is 5.63. The molecule has 0 aliphatic heterocycles. The molecule has 4 heteroatoms. The summed E-state index contributed by atoms with van der Waals surface area (Å²) < 4.78 is 12.8. The minimum atomic E-state index is -0.259. The molecule has 0 fully saturated rings. The fourth-order valence-electron chi connectivity index (χ4n) is 2.46. The van der Waals surface area contributed by atoms with Gasteiger partial charge in [0.2, 0.25) is 5.91 Å². The molecule has 2 nitrogen and oxygen atoms in total. The van der Waals surface area contributed by atoms with Crippen LogP contribution in [-0.2, 0) is 4.79 Å². The number of benzene rings is 1. The lowest BCUT2D eigenvalue weighted by molar-refractivity contribution is -0.120. The highest BCUT2D eigenvalue weighted by atomic mass is 32.2. The van der Waals surface area contributed by atoms with Crippen molar-refractivity contribution in [2.45, 2.75) is 51.5 Å². The van der Waals surface area contributed by atoms with Gasteiger partial charge in [-0.25, -0.2) is 4.39 Å². The van der Waals surface area contributed by atoms with Crippen molar-refractivity contribution in [1.82, 2.24) is 5.32 Å². The maximum absolute atomic E-state index is 12.8. The topological polar surface area (TPSA) is 29.1 Å². The molecule has 0 bridgehead atoms. The number of rotatable bonds is 5. The molecule has 0 aliphatic rings. The van der Waals surface area contributed by atoms with E-state index in [2.05, 4.69) is 26.1 Å². The zero-order valence-corrected chi connectivity index (χ0v) is 13.7. The van der Waals surface area contributed by atoms with Gasteiger partial charge in [-0.1, -0.05) is 20.8 Å². The molecule has 20 heavy (non-hydrogen) atoms. The minimum Gasteiger partial charge on any atom is -0.350 e. The lowest BCUT2D eigenvalue weighted by Crippen LogP contribution is -2.46. The normalized spacial score (nSPS) is 12.3. The van der Waals surface area contributed by atoms with Crippen molar-refractivity contribution in [2.24, 2.45) is 5.41 Å². The molecule has 0 saturated heterocycles. The van der Waals surface area contributed by atoms with E-state index < -0.39 is 0 Å². The predicted molar refractivity (Wildman–Crippen MR) is 83.4 cm³/mol. The van der Waals surface area contributed by atoms with Crippen LogP contribution in [0.15, 0.2) is 29.2 Å². The van der Waals surface area contributed by atoms with Crippen molar-refractivity contribution in [3.63, 3.8) is 0 Å². The molecule has 1 rings (SSSR count). The van der Waals surface area contributed by atoms with Gasteiger partial charge in [-0.2, -0.15) is 0 Å². The number of nitrogens with one attached hydrogen (secondary N) is 1. The Bertz CT molecular complexity index is 449. The maximum atomic E-state index is 12.8. The largest absolute Gasteiger partial charge is 0.350 e. The van der Waals surface area contributed by atoms with Gasteiger partial charge in [0.1, 0.15) is 5.82 Å². The van der Waals surface area contributed by atoms with Gasteiger partial charge in [-0.05, 0) is 49.9 Å². The summed E-state index contributed by atoms with van der Waals surface area (Å²) in [6.07, 6.45) is 0.910. The number of amides is 1. The van der Waals surface area contributed by atoms with E-state index in [4.69, 9.17) is 0 Å². The number of hydrogen-bond acceptors (Lipinski definition) is 2. The lowest BCUT2D eigenvalue weighted by Gasteiger charge is -2.33. The van der Waals surface area contributed by atoms with Gasteiger partial charge in [0, 0.05) is 10.4 Å². The molecular formula is C16H24FNOS. The van der Waals surface area contributed by atoms with Crippen molar-refractivity contribution in [1.29, 1.82) is 0 Å². The molecule has 0 atom stereocenters. The van der Waals surface area contributed by atoms with Gasteiger partial charge < -0.3 is 5.32 Å². The Hall–Kier alpha value is -1.03. The van der Waals surface area contributed by atoms with Gasteiger partial charge in [-0.15, -0.1) is 11.8 Å². The highest BCUT2D eigenvalue weighted by Crippen LogP contribution is 2.27. The van der Waals surface area contributed by atoms with Gasteiger partial charge in [0.25, 0.3) is 0 Å². The quantitative estimate of drug-likeness (QED) is 0.823. The Morgan fingerprint density at radius 3 is 2.20 bits per heavy atom. The highest BCUT2D eigenvalue weighted by Gasteiger charge is 2.26. The van der Waals surface area contributed by atoms with E-state index in [0.717, 1.165) is 11.3 Å². The monoisotopic (exact) mass is 297 g/mol. The van der Waals surface area contributed by atoms with E-state index in [1.807, 2.05) is 13.8 Å². The van der Waals surface area contributed by atoms with Gasteiger partial charge in [0.05, 0.1) is 5.75 Å². The summed E-state index contributed by atoms with van der Waals surface area (Å²) in [6, 6.07) is 6.19. The van der Waals surface area contributed by atoms with Crippen LogP contribution >= 0.6 is 11.8 Å². The van der Waals surface area contributed by atoms with E-state index in [1.54, 1.807) is 12.1 Å². The number of hydrogen-bond donors (Lipinski definition) is 1. The van der Waals surface area contributed by atoms with Crippen LogP contribution < -0.4 is 5.32 Å². The summed E-state index contributed by atoms with van der Waals surface area (Å²) in [5.74, 6) is 0.0952. The van der Waals surface area contributed by atoms with Crippen LogP contribution in [0.25, 0.3) is 0 Å². The van der Waals surface area contributed by atoms with E-state index in [-0.39, 0.29) is 22.7 Å². The molecule has 0 radical (unpaired) electrons. The first kappa shape index (κ1) is 17.0. The Morgan fingerprint density at radius 1 is 1.15 bits per heavy atom. The summed E-state index contributed by atoms with van der Waals surface area (Å²) in [6.45, 7) is 10.6. The molecule has 0 heterocycles. The minimum absolute atomic E-state index is 0.00794. The molecule has 0 saturated carbocycles. The van der Waals surface area contributed by atoms with E-state index in [9.17, 15) is 9.18 Å². The van der Waals surface area contributed by atoms with E-state index in [0.29, 0.717) is 5.75 Å². The number of carbonyl (C=O) groups is 1. The van der Waals surface area contributed by atoms with Crippen LogP contribution in [0.2, 0.25) is 0 Å². The van der Waals surface area contributed by atoms with E-state index in [1.165, 1.54) is 23.9 Å². The second-order valence-corrected chi connectivity index (χ2v) is 7.96. The van der Waals surface area contributed by atoms with Crippen molar-refractivity contribution >= 4 is 17.7 Å². The first-order valence-corrected chi connectivity index (χ1v) is 7.75. The highest BCUT2D eigenvalue weighted by molar-refractivity contribution is 8.00. The van der Waals surface area contributed by atoms with Gasteiger partial charge in [-0.3, -0.25) is 4.79 Å². The standard InChI is InChI=1S/C16H24FNOS/c1-15(2,3)11-16(4,5)18-14(19)10-20-13-8-6-12(17)7-9-13/h6-9H,10-11H2,1-5H3,(H,18,19). The maximum Gasteiger partial charge on any atom is 0.230 e. The summed E-state index contributed by atoms with van der Waals surface area (Å²) in [4.78, 5) is 12.9. The SMILES string of the molecule is CC(C)(C)CC(C)(C)NC(=O)CSc1ccc(F)cc1. The second-order valence-electron chi connectivity index (χ2n) is 6.91. The summed E-state index contributed by atoms with van der Waals surface area (Å²) >= 11 is 1.42. The summed E-state index contributed by atoms with van der Waals surface area (Å²) in [5.41, 5.74) is -0.0560. The molecule has 0 aliphatic carbocycles. The number of halogens is 1. The molecule has 112 valence electrons. The number of carbonyl (C=O) groups excluding carboxylic acids is 1. The summed E-state index contributed by atoms with van der Waals surface area (Å²) in [7, 11) is 0. The molecule has 1 aromatic carbocycles. The average Bonchev–Trinajstić information content (AvgIpc) is 2.24. The molecule has 1 amide bonds. The molecular weight excluding hydrogens is 273 g/mol. The van der Waals surface area contributed by atoms with Gasteiger partial charge >= 0.3 is 0 Å². The van der Waals surface area contributed by atoms with E-state index >= 15 is 0 Å². The van der Waals surface area contributed by atoms with Crippen LogP contribution in [0, 0.1) is 11.2 Å². The zero-order chi connectivity index (χ0) is 15.4. The Balaban J connectivity index is 2.45. The van der Waals surface area contributed by atoms with Crippen LogP contribution in [0.1, 0.15) is 41.0 Å². The zero-order valence-electron chi connectivity index (χ0n) is 12.9. The lowest BCUT2D eigenvalue weighted by atomic mass is 9.82. The third-order valence-electron chi connectivity index (χ3n) is 2.63. The van der Waals surface area contributed by atoms with Crippen molar-refractivity contribution in [2.75, 3.05) is 5.75 Å². The van der Waals surface area contributed by atoms with Crippen LogP contribution in [0.5, 0.6) is 0 Å². The predicted octanol–water partition coefficient (Wildman–Crippen LogP) is 4.25. The van der Waals surface area contributed by atoms with Crippen molar-refractivity contribution in [3.05, 3.63) is 30.1 Å². The Morgan fingerprint density at radius 2 is 1.70 bits per heavy atom. The molecule has 1 N–H and O–H groups in total. The van der Waals surface area contributed by atoms with Crippen LogP contribution in [0.3, 0.4) is 0 Å². The fraction of sp³-hybridized carbons (Fsp3) is 0.562. The first-order chi connectivity index (χ1) is 9.07. The number of thioether (sulfide) groups is 1. The van der Waals surface area contributed by atoms with Crippen LogP contribution in [0.4, 0.5) is 4.39 Å². The van der Waals surface area contributed by atoms with Crippen molar-refractivity contribution < 1.29 is 9.18 Å². The third-order valence-corrected chi connectivity index (χ3v) is 3.65. The van der Waals surface area contributed by atoms with Crippen LogP contribution in [-0.4, -0.2) is 17.2 Å². The second kappa shape index (κ2) is 6.61.